The molecule has 7 heteroatoms. The van der Waals surface area contributed by atoms with Crippen molar-refractivity contribution >= 4 is 0 Å². The average Bonchev–Trinajstić information content (AvgIpc) is 2.26. The maximum Gasteiger partial charge on any atom is 0.402 e. The normalized spacial score (nSPS) is 14.7. The van der Waals surface area contributed by atoms with Crippen LogP contribution in [-0.2, 0) is 0 Å². The summed E-state index contributed by atoms with van der Waals surface area (Å²) >= 11 is 0. The van der Waals surface area contributed by atoms with E-state index >= 15 is 0 Å². The highest BCUT2D eigenvalue weighted by Crippen LogP contribution is 2.46. The van der Waals surface area contributed by atoms with Crippen molar-refractivity contribution in [2.24, 2.45) is 5.92 Å². The standard InChI is InChI=1S/C13H15F6N/c1-7-5-4-6-9(8(7)2)10(20-3)11(12(14,15)16)13(17,18)19/h4-6,10-11,20H,1-3H3. The minimum Gasteiger partial charge on any atom is -0.312 e. The summed E-state index contributed by atoms with van der Waals surface area (Å²) in [5.74, 6) is -3.44. The first-order valence-corrected chi connectivity index (χ1v) is 5.87. The van der Waals surface area contributed by atoms with Crippen molar-refractivity contribution < 1.29 is 26.3 Å². The zero-order valence-corrected chi connectivity index (χ0v) is 11.2. The molecule has 1 unspecified atom stereocenters. The molecule has 0 heterocycles. The van der Waals surface area contributed by atoms with Gasteiger partial charge < -0.3 is 5.32 Å². The highest BCUT2D eigenvalue weighted by Gasteiger charge is 2.60. The van der Waals surface area contributed by atoms with Gasteiger partial charge in [-0.1, -0.05) is 18.2 Å². The van der Waals surface area contributed by atoms with E-state index in [0.717, 1.165) is 7.05 Å². The molecule has 1 atom stereocenters. The van der Waals surface area contributed by atoms with Crippen LogP contribution in [0, 0.1) is 19.8 Å². The molecule has 0 bridgehead atoms. The second kappa shape index (κ2) is 5.63. The third-order valence-corrected chi connectivity index (χ3v) is 3.33. The summed E-state index contributed by atoms with van der Waals surface area (Å²) in [5.41, 5.74) is 1.07. The van der Waals surface area contributed by atoms with Crippen molar-refractivity contribution in [3.05, 3.63) is 34.9 Å². The van der Waals surface area contributed by atoms with E-state index in [-0.39, 0.29) is 5.56 Å². The molecule has 0 aliphatic heterocycles. The Morgan fingerprint density at radius 1 is 0.950 bits per heavy atom. The lowest BCUT2D eigenvalue weighted by molar-refractivity contribution is -0.292. The Morgan fingerprint density at radius 2 is 1.45 bits per heavy atom. The van der Waals surface area contributed by atoms with Gasteiger partial charge in [-0.05, 0) is 37.6 Å². The van der Waals surface area contributed by atoms with E-state index in [1.54, 1.807) is 13.0 Å². The Labute approximate surface area is 113 Å². The van der Waals surface area contributed by atoms with Gasteiger partial charge in [0.1, 0.15) is 0 Å². The Morgan fingerprint density at radius 3 is 1.85 bits per heavy atom. The van der Waals surface area contributed by atoms with Crippen LogP contribution in [0.4, 0.5) is 26.3 Å². The van der Waals surface area contributed by atoms with Crippen LogP contribution in [0.15, 0.2) is 18.2 Å². The summed E-state index contributed by atoms with van der Waals surface area (Å²) in [7, 11) is 1.09. The summed E-state index contributed by atoms with van der Waals surface area (Å²) in [6.45, 7) is 3.15. The van der Waals surface area contributed by atoms with Gasteiger partial charge in [-0.3, -0.25) is 0 Å². The highest BCUT2D eigenvalue weighted by atomic mass is 19.4. The molecular weight excluding hydrogens is 284 g/mol. The maximum absolute atomic E-state index is 12.8. The van der Waals surface area contributed by atoms with E-state index in [1.165, 1.54) is 19.1 Å². The van der Waals surface area contributed by atoms with Gasteiger partial charge in [0.25, 0.3) is 0 Å². The Hall–Kier alpha value is -1.24. The number of alkyl halides is 6. The summed E-state index contributed by atoms with van der Waals surface area (Å²) in [5, 5.41) is 2.16. The fourth-order valence-corrected chi connectivity index (χ4v) is 2.18. The van der Waals surface area contributed by atoms with E-state index in [1.807, 2.05) is 0 Å². The van der Waals surface area contributed by atoms with Crippen molar-refractivity contribution in [2.75, 3.05) is 7.05 Å². The van der Waals surface area contributed by atoms with Crippen molar-refractivity contribution in [2.45, 2.75) is 32.2 Å². The van der Waals surface area contributed by atoms with Crippen LogP contribution in [0.1, 0.15) is 22.7 Å². The highest BCUT2D eigenvalue weighted by molar-refractivity contribution is 5.36. The Bertz CT molecular complexity index is 449. The number of aryl methyl sites for hydroxylation is 1. The smallest absolute Gasteiger partial charge is 0.312 e. The second-order valence-electron chi connectivity index (χ2n) is 4.62. The van der Waals surface area contributed by atoms with E-state index < -0.39 is 24.3 Å². The summed E-state index contributed by atoms with van der Waals surface area (Å²) in [6.07, 6.45) is -10.7. The van der Waals surface area contributed by atoms with Gasteiger partial charge in [0.2, 0.25) is 0 Å². The van der Waals surface area contributed by atoms with Gasteiger partial charge in [0, 0.05) is 0 Å². The molecule has 0 saturated heterocycles. The first-order valence-electron chi connectivity index (χ1n) is 5.87. The quantitative estimate of drug-likeness (QED) is 0.820. The van der Waals surface area contributed by atoms with Crippen molar-refractivity contribution in [3.8, 4) is 0 Å². The Kier molecular flexibility index (Phi) is 4.74. The third kappa shape index (κ3) is 3.45. The first-order chi connectivity index (χ1) is 9.00. The molecule has 1 nitrogen and oxygen atoms in total. The fraction of sp³-hybridized carbons (Fsp3) is 0.538. The molecule has 1 N–H and O–H groups in total. The molecule has 0 aliphatic rings. The van der Waals surface area contributed by atoms with Gasteiger partial charge in [0.15, 0.2) is 5.92 Å². The third-order valence-electron chi connectivity index (χ3n) is 3.33. The van der Waals surface area contributed by atoms with Gasteiger partial charge in [0.05, 0.1) is 6.04 Å². The summed E-state index contributed by atoms with van der Waals surface area (Å²) < 4.78 is 76.9. The van der Waals surface area contributed by atoms with Gasteiger partial charge in [-0.15, -0.1) is 0 Å². The van der Waals surface area contributed by atoms with Crippen LogP contribution >= 0.6 is 0 Å². The van der Waals surface area contributed by atoms with Crippen LogP contribution in [-0.4, -0.2) is 19.4 Å². The molecule has 0 spiro atoms. The Balaban J connectivity index is 3.39. The van der Waals surface area contributed by atoms with Crippen molar-refractivity contribution in [1.29, 1.82) is 0 Å². The predicted molar refractivity (Wildman–Crippen MR) is 63.3 cm³/mol. The zero-order chi connectivity index (χ0) is 15.7. The predicted octanol–water partition coefficient (Wildman–Crippen LogP) is 4.30. The van der Waals surface area contributed by atoms with Gasteiger partial charge >= 0.3 is 12.4 Å². The molecule has 0 radical (unpaired) electrons. The van der Waals surface area contributed by atoms with Crippen LogP contribution in [0.25, 0.3) is 0 Å². The van der Waals surface area contributed by atoms with E-state index in [0.29, 0.717) is 11.1 Å². The van der Waals surface area contributed by atoms with Crippen LogP contribution in [0.3, 0.4) is 0 Å². The van der Waals surface area contributed by atoms with E-state index in [2.05, 4.69) is 5.32 Å². The van der Waals surface area contributed by atoms with Gasteiger partial charge in [-0.2, -0.15) is 26.3 Å². The molecule has 114 valence electrons. The van der Waals surface area contributed by atoms with Crippen LogP contribution < -0.4 is 5.32 Å². The molecule has 1 rings (SSSR count). The molecular formula is C13H15F6N. The number of rotatable bonds is 3. The molecule has 1 aromatic carbocycles. The number of benzene rings is 1. The zero-order valence-electron chi connectivity index (χ0n) is 11.2. The summed E-state index contributed by atoms with van der Waals surface area (Å²) in [4.78, 5) is 0. The molecule has 0 saturated carbocycles. The molecule has 0 aliphatic carbocycles. The van der Waals surface area contributed by atoms with Crippen molar-refractivity contribution in [1.82, 2.24) is 5.32 Å². The van der Waals surface area contributed by atoms with E-state index in [9.17, 15) is 26.3 Å². The lowest BCUT2D eigenvalue weighted by atomic mass is 9.88. The van der Waals surface area contributed by atoms with Crippen LogP contribution in [0.5, 0.6) is 0 Å². The first kappa shape index (κ1) is 16.8. The monoisotopic (exact) mass is 299 g/mol. The number of hydrogen-bond donors (Lipinski definition) is 1. The molecule has 0 amide bonds. The molecule has 0 aromatic heterocycles. The average molecular weight is 299 g/mol. The maximum atomic E-state index is 12.8. The molecule has 20 heavy (non-hydrogen) atoms. The molecule has 0 fully saturated rings. The largest absolute Gasteiger partial charge is 0.402 e. The fourth-order valence-electron chi connectivity index (χ4n) is 2.18. The SMILES string of the molecule is CNC(c1cccc(C)c1C)C(C(F)(F)F)C(F)(F)F. The minimum absolute atomic E-state index is 0.00662. The van der Waals surface area contributed by atoms with Crippen LogP contribution in [0.2, 0.25) is 0 Å². The second-order valence-corrected chi connectivity index (χ2v) is 4.62. The number of hydrogen-bond acceptors (Lipinski definition) is 1. The summed E-state index contributed by atoms with van der Waals surface area (Å²) in [6, 6.07) is 2.51. The molecule has 1 aromatic rings. The van der Waals surface area contributed by atoms with E-state index in [4.69, 9.17) is 0 Å². The lowest BCUT2D eigenvalue weighted by Crippen LogP contribution is -2.45. The topological polar surface area (TPSA) is 12.0 Å². The number of halogens is 6. The number of nitrogens with one attached hydrogen (secondary N) is 1. The minimum atomic E-state index is -5.37. The van der Waals surface area contributed by atoms with Crippen molar-refractivity contribution in [3.63, 3.8) is 0 Å². The lowest BCUT2D eigenvalue weighted by Gasteiger charge is -2.31. The van der Waals surface area contributed by atoms with Gasteiger partial charge in [-0.25, -0.2) is 0 Å².